The summed E-state index contributed by atoms with van der Waals surface area (Å²) in [5.74, 6) is 3.41. The van der Waals surface area contributed by atoms with Gasteiger partial charge in [-0.1, -0.05) is 25.3 Å². The molecule has 0 heterocycles. The average Bonchev–Trinajstić information content (AvgIpc) is 2.51. The number of allylic oxidation sites excluding steroid dienone is 3. The second-order valence-corrected chi connectivity index (χ2v) is 5.93. The normalized spacial score (nSPS) is 23.4. The van der Waals surface area contributed by atoms with Gasteiger partial charge in [-0.2, -0.15) is 0 Å². The van der Waals surface area contributed by atoms with Gasteiger partial charge in [0.15, 0.2) is 0 Å². The van der Waals surface area contributed by atoms with Gasteiger partial charge in [0.2, 0.25) is 0 Å². The van der Waals surface area contributed by atoms with Crippen molar-refractivity contribution in [2.45, 2.75) is 38.5 Å². The molecule has 0 bridgehead atoms. The van der Waals surface area contributed by atoms with Crippen molar-refractivity contribution in [2.75, 3.05) is 5.73 Å². The minimum atomic E-state index is 0.717. The first kappa shape index (κ1) is 13.3. The molecule has 106 valence electrons. The third-order valence-corrected chi connectivity index (χ3v) is 4.47. The number of ether oxygens (including phenoxy) is 1. The van der Waals surface area contributed by atoms with E-state index in [2.05, 4.69) is 18.2 Å². The Balaban J connectivity index is 1.57. The van der Waals surface area contributed by atoms with Crippen LogP contribution in [0.4, 0.5) is 5.69 Å². The molecule has 2 heteroatoms. The van der Waals surface area contributed by atoms with E-state index in [0.717, 1.165) is 29.5 Å². The topological polar surface area (TPSA) is 35.2 Å². The Morgan fingerprint density at radius 1 is 1.00 bits per heavy atom. The van der Waals surface area contributed by atoms with E-state index in [4.69, 9.17) is 10.5 Å². The minimum absolute atomic E-state index is 0.717. The van der Waals surface area contributed by atoms with Crippen LogP contribution in [0.25, 0.3) is 0 Å². The second kappa shape index (κ2) is 6.17. The monoisotopic (exact) mass is 269 g/mol. The summed E-state index contributed by atoms with van der Waals surface area (Å²) >= 11 is 0. The van der Waals surface area contributed by atoms with Crippen LogP contribution < -0.4 is 10.5 Å². The fourth-order valence-electron chi connectivity index (χ4n) is 3.28. The third-order valence-electron chi connectivity index (χ3n) is 4.47. The van der Waals surface area contributed by atoms with Gasteiger partial charge in [-0.15, -0.1) is 0 Å². The van der Waals surface area contributed by atoms with E-state index < -0.39 is 0 Å². The lowest BCUT2D eigenvalue weighted by Crippen LogP contribution is -2.17. The maximum absolute atomic E-state index is 5.86. The first-order valence-corrected chi connectivity index (χ1v) is 7.73. The minimum Gasteiger partial charge on any atom is -0.458 e. The van der Waals surface area contributed by atoms with Crippen LogP contribution in [-0.4, -0.2) is 0 Å². The van der Waals surface area contributed by atoms with E-state index in [-0.39, 0.29) is 0 Å². The van der Waals surface area contributed by atoms with Crippen molar-refractivity contribution in [3.8, 4) is 5.75 Å². The predicted molar refractivity (Wildman–Crippen MR) is 83.4 cm³/mol. The smallest absolute Gasteiger partial charge is 0.127 e. The molecule has 1 aromatic carbocycles. The number of anilines is 1. The van der Waals surface area contributed by atoms with Crippen molar-refractivity contribution in [3.63, 3.8) is 0 Å². The van der Waals surface area contributed by atoms with Gasteiger partial charge in [0, 0.05) is 5.69 Å². The maximum atomic E-state index is 5.86. The van der Waals surface area contributed by atoms with Crippen LogP contribution in [0.3, 0.4) is 0 Å². The number of hydrogen-bond acceptors (Lipinski definition) is 2. The molecule has 0 aromatic heterocycles. The maximum Gasteiger partial charge on any atom is 0.127 e. The van der Waals surface area contributed by atoms with Crippen LogP contribution in [0.5, 0.6) is 5.75 Å². The highest BCUT2D eigenvalue weighted by Crippen LogP contribution is 2.35. The number of rotatable bonds is 3. The summed E-state index contributed by atoms with van der Waals surface area (Å²) < 4.78 is 5.86. The first-order chi connectivity index (χ1) is 9.81. The van der Waals surface area contributed by atoms with E-state index in [1.54, 1.807) is 0 Å². The second-order valence-electron chi connectivity index (χ2n) is 5.93. The van der Waals surface area contributed by atoms with Crippen molar-refractivity contribution < 1.29 is 4.74 Å². The SMILES string of the molecule is Nc1ccc(OC2=CCC(C3CCCCC3)C=C2)cc1. The van der Waals surface area contributed by atoms with Crippen LogP contribution in [0.15, 0.2) is 48.3 Å². The lowest BCUT2D eigenvalue weighted by atomic mass is 9.77. The van der Waals surface area contributed by atoms with E-state index >= 15 is 0 Å². The molecule has 20 heavy (non-hydrogen) atoms. The Morgan fingerprint density at radius 3 is 2.40 bits per heavy atom. The molecule has 0 amide bonds. The van der Waals surface area contributed by atoms with Gasteiger partial charge in [-0.25, -0.2) is 0 Å². The van der Waals surface area contributed by atoms with Crippen molar-refractivity contribution in [1.82, 2.24) is 0 Å². The number of hydrogen-bond donors (Lipinski definition) is 1. The van der Waals surface area contributed by atoms with Crippen LogP contribution in [0, 0.1) is 11.8 Å². The summed E-state index contributed by atoms with van der Waals surface area (Å²) in [5.41, 5.74) is 6.44. The number of nitrogens with two attached hydrogens (primary N) is 1. The van der Waals surface area contributed by atoms with E-state index in [0.29, 0.717) is 5.92 Å². The molecule has 2 N–H and O–H groups in total. The lowest BCUT2D eigenvalue weighted by Gasteiger charge is -2.29. The first-order valence-electron chi connectivity index (χ1n) is 7.73. The average molecular weight is 269 g/mol. The zero-order valence-corrected chi connectivity index (χ0v) is 11.9. The Hall–Kier alpha value is -1.70. The Kier molecular flexibility index (Phi) is 4.10. The molecular formula is C18H23NO. The molecule has 0 aliphatic heterocycles. The van der Waals surface area contributed by atoms with Crippen LogP contribution >= 0.6 is 0 Å². The van der Waals surface area contributed by atoms with E-state index in [1.165, 1.54) is 32.1 Å². The summed E-state index contributed by atoms with van der Waals surface area (Å²) in [7, 11) is 0. The molecule has 3 rings (SSSR count). The molecule has 0 radical (unpaired) electrons. The van der Waals surface area contributed by atoms with Gasteiger partial charge < -0.3 is 10.5 Å². The largest absolute Gasteiger partial charge is 0.458 e. The van der Waals surface area contributed by atoms with Gasteiger partial charge >= 0.3 is 0 Å². The molecule has 2 aliphatic rings. The summed E-state index contributed by atoms with van der Waals surface area (Å²) in [5, 5.41) is 0. The Morgan fingerprint density at radius 2 is 1.75 bits per heavy atom. The number of benzene rings is 1. The third kappa shape index (κ3) is 3.24. The highest BCUT2D eigenvalue weighted by molar-refractivity contribution is 5.42. The van der Waals surface area contributed by atoms with E-state index in [1.807, 2.05) is 24.3 Å². The van der Waals surface area contributed by atoms with Crippen molar-refractivity contribution in [1.29, 1.82) is 0 Å². The Bertz CT molecular complexity index is 495. The molecule has 2 nitrogen and oxygen atoms in total. The predicted octanol–water partition coefficient (Wildman–Crippen LogP) is 4.69. The van der Waals surface area contributed by atoms with Crippen molar-refractivity contribution >= 4 is 5.69 Å². The molecule has 1 unspecified atom stereocenters. The summed E-state index contributed by atoms with van der Waals surface area (Å²) in [6.07, 6.45) is 14.9. The van der Waals surface area contributed by atoms with Crippen molar-refractivity contribution in [3.05, 3.63) is 48.3 Å². The molecule has 1 fully saturated rings. The summed E-state index contributed by atoms with van der Waals surface area (Å²) in [6, 6.07) is 7.56. The van der Waals surface area contributed by atoms with Gasteiger partial charge in [0.25, 0.3) is 0 Å². The summed E-state index contributed by atoms with van der Waals surface area (Å²) in [4.78, 5) is 0. The fraction of sp³-hybridized carbons (Fsp3) is 0.444. The summed E-state index contributed by atoms with van der Waals surface area (Å²) in [6.45, 7) is 0. The molecular weight excluding hydrogens is 246 g/mol. The van der Waals surface area contributed by atoms with E-state index in [9.17, 15) is 0 Å². The quantitative estimate of drug-likeness (QED) is 0.808. The van der Waals surface area contributed by atoms with Crippen molar-refractivity contribution in [2.24, 2.45) is 11.8 Å². The van der Waals surface area contributed by atoms with Gasteiger partial charge in [0.05, 0.1) is 0 Å². The molecule has 1 atom stereocenters. The molecule has 1 saturated carbocycles. The highest BCUT2D eigenvalue weighted by atomic mass is 16.5. The number of nitrogen functional groups attached to an aromatic ring is 1. The highest BCUT2D eigenvalue weighted by Gasteiger charge is 2.22. The van der Waals surface area contributed by atoms with Gasteiger partial charge in [-0.3, -0.25) is 0 Å². The lowest BCUT2D eigenvalue weighted by molar-refractivity contribution is 0.282. The zero-order valence-electron chi connectivity index (χ0n) is 11.9. The van der Waals surface area contributed by atoms with Gasteiger partial charge in [0.1, 0.15) is 11.5 Å². The standard InChI is InChI=1S/C18H23NO/c19-16-8-12-18(13-9-16)20-17-10-6-15(7-11-17)14-4-2-1-3-5-14/h6,8-15H,1-5,7,19H2. The van der Waals surface area contributed by atoms with Crippen LogP contribution in [-0.2, 0) is 0 Å². The Labute approximate surface area is 121 Å². The fourth-order valence-corrected chi connectivity index (χ4v) is 3.28. The molecule has 0 saturated heterocycles. The molecule has 0 spiro atoms. The van der Waals surface area contributed by atoms with Crippen LogP contribution in [0.1, 0.15) is 38.5 Å². The zero-order chi connectivity index (χ0) is 13.8. The molecule has 1 aromatic rings. The molecule has 2 aliphatic carbocycles. The van der Waals surface area contributed by atoms with Crippen LogP contribution in [0.2, 0.25) is 0 Å². The van der Waals surface area contributed by atoms with Gasteiger partial charge in [-0.05, 0) is 67.5 Å².